The molecule has 0 fully saturated rings. The minimum Gasteiger partial charge on any atom is -0.463 e. The molecular formula is C13H21N3O2. The van der Waals surface area contributed by atoms with Crippen LogP contribution in [0.15, 0.2) is 6.07 Å². The number of carbonyl (C=O) groups is 1. The van der Waals surface area contributed by atoms with Crippen molar-refractivity contribution in [2.75, 3.05) is 12.4 Å². The maximum absolute atomic E-state index is 11.4. The lowest BCUT2D eigenvalue weighted by Gasteiger charge is -2.14. The summed E-state index contributed by atoms with van der Waals surface area (Å²) in [7, 11) is 1.32. The second-order valence-electron chi connectivity index (χ2n) is 4.40. The van der Waals surface area contributed by atoms with Crippen molar-refractivity contribution in [3.8, 4) is 0 Å². The van der Waals surface area contributed by atoms with Crippen LogP contribution in [0.1, 0.15) is 49.4 Å². The molecule has 0 aromatic carbocycles. The number of rotatable bonds is 6. The second-order valence-corrected chi connectivity index (χ2v) is 4.40. The number of nitrogens with zero attached hydrogens (tertiary/aromatic N) is 2. The summed E-state index contributed by atoms with van der Waals surface area (Å²) in [5, 5.41) is 3.28. The lowest BCUT2D eigenvalue weighted by Crippen LogP contribution is -2.18. The van der Waals surface area contributed by atoms with Crippen LogP contribution in [0.25, 0.3) is 0 Å². The first kappa shape index (κ1) is 14.4. The summed E-state index contributed by atoms with van der Waals surface area (Å²) in [4.78, 5) is 19.6. The van der Waals surface area contributed by atoms with Crippen LogP contribution < -0.4 is 5.32 Å². The van der Waals surface area contributed by atoms with E-state index in [1.54, 1.807) is 0 Å². The molecule has 1 aromatic heterocycles. The monoisotopic (exact) mass is 251 g/mol. The van der Waals surface area contributed by atoms with Crippen LogP contribution >= 0.6 is 0 Å². The highest BCUT2D eigenvalue weighted by atomic mass is 16.5. The fraction of sp³-hybridized carbons (Fsp3) is 0.615. The van der Waals surface area contributed by atoms with Crippen molar-refractivity contribution in [3.05, 3.63) is 17.6 Å². The third-order valence-electron chi connectivity index (χ3n) is 2.61. The van der Waals surface area contributed by atoms with Gasteiger partial charge >= 0.3 is 5.97 Å². The molecule has 5 nitrogen and oxygen atoms in total. The van der Waals surface area contributed by atoms with E-state index in [9.17, 15) is 4.79 Å². The van der Waals surface area contributed by atoms with E-state index in [4.69, 9.17) is 0 Å². The number of esters is 1. The third kappa shape index (κ3) is 4.31. The van der Waals surface area contributed by atoms with Gasteiger partial charge in [0.2, 0.25) is 5.82 Å². The third-order valence-corrected chi connectivity index (χ3v) is 2.61. The summed E-state index contributed by atoms with van der Waals surface area (Å²) >= 11 is 0. The van der Waals surface area contributed by atoms with Gasteiger partial charge in [0, 0.05) is 17.8 Å². The summed E-state index contributed by atoms with van der Waals surface area (Å²) in [6, 6.07) is 2.15. The number of ether oxygens (including phenoxy) is 1. The van der Waals surface area contributed by atoms with E-state index in [0.717, 1.165) is 12.1 Å². The lowest BCUT2D eigenvalue weighted by molar-refractivity contribution is 0.0586. The lowest BCUT2D eigenvalue weighted by atomic mass is 10.1. The molecule has 0 amide bonds. The largest absolute Gasteiger partial charge is 0.463 e. The van der Waals surface area contributed by atoms with E-state index in [-0.39, 0.29) is 5.82 Å². The van der Waals surface area contributed by atoms with Crippen LogP contribution in [0.3, 0.4) is 0 Å². The Balaban J connectivity index is 2.76. The minimum absolute atomic E-state index is 0.0997. The molecule has 1 heterocycles. The number of unbranched alkanes of at least 4 members (excludes halogenated alkanes) is 1. The Morgan fingerprint density at radius 2 is 2.22 bits per heavy atom. The molecule has 0 bridgehead atoms. The molecule has 1 aromatic rings. The van der Waals surface area contributed by atoms with E-state index in [2.05, 4.69) is 33.9 Å². The Bertz CT molecular complexity index is 407. The molecule has 0 aliphatic heterocycles. The van der Waals surface area contributed by atoms with Crippen molar-refractivity contribution in [1.82, 2.24) is 9.97 Å². The van der Waals surface area contributed by atoms with E-state index < -0.39 is 5.97 Å². The van der Waals surface area contributed by atoms with Crippen molar-refractivity contribution in [2.24, 2.45) is 0 Å². The van der Waals surface area contributed by atoms with Gasteiger partial charge in [0.25, 0.3) is 0 Å². The predicted molar refractivity (Wildman–Crippen MR) is 70.7 cm³/mol. The first-order valence-electron chi connectivity index (χ1n) is 6.27. The van der Waals surface area contributed by atoms with Gasteiger partial charge in [0.05, 0.1) is 7.11 Å². The highest BCUT2D eigenvalue weighted by Crippen LogP contribution is 2.11. The van der Waals surface area contributed by atoms with Crippen molar-refractivity contribution >= 4 is 11.8 Å². The van der Waals surface area contributed by atoms with Gasteiger partial charge in [0.1, 0.15) is 5.82 Å². The molecule has 1 N–H and O–H groups in total. The number of hydrogen-bond donors (Lipinski definition) is 1. The molecule has 0 radical (unpaired) electrons. The van der Waals surface area contributed by atoms with Crippen molar-refractivity contribution in [1.29, 1.82) is 0 Å². The Hall–Kier alpha value is -1.65. The molecule has 0 saturated heterocycles. The molecule has 0 saturated carbocycles. The van der Waals surface area contributed by atoms with Crippen LogP contribution in [-0.2, 0) is 4.74 Å². The number of anilines is 1. The number of hydrogen-bond acceptors (Lipinski definition) is 5. The van der Waals surface area contributed by atoms with Gasteiger partial charge in [-0.15, -0.1) is 0 Å². The second kappa shape index (κ2) is 6.93. The van der Waals surface area contributed by atoms with Gasteiger partial charge in [-0.25, -0.2) is 14.8 Å². The first-order valence-corrected chi connectivity index (χ1v) is 6.27. The molecule has 100 valence electrons. The average molecular weight is 251 g/mol. The Kier molecular flexibility index (Phi) is 5.55. The molecule has 5 heteroatoms. The Morgan fingerprint density at radius 3 is 2.83 bits per heavy atom. The maximum Gasteiger partial charge on any atom is 0.376 e. The molecule has 1 atom stereocenters. The number of aryl methyl sites for hydroxylation is 1. The molecular weight excluding hydrogens is 230 g/mol. The van der Waals surface area contributed by atoms with Gasteiger partial charge in [-0.2, -0.15) is 0 Å². The summed E-state index contributed by atoms with van der Waals surface area (Å²) < 4.78 is 4.62. The fourth-order valence-corrected chi connectivity index (χ4v) is 1.66. The van der Waals surface area contributed by atoms with E-state index in [0.29, 0.717) is 11.9 Å². The molecule has 18 heavy (non-hydrogen) atoms. The molecule has 0 spiro atoms. The van der Waals surface area contributed by atoms with Gasteiger partial charge in [-0.1, -0.05) is 19.8 Å². The van der Waals surface area contributed by atoms with Gasteiger partial charge in [-0.3, -0.25) is 0 Å². The smallest absolute Gasteiger partial charge is 0.376 e. The molecule has 1 rings (SSSR count). The van der Waals surface area contributed by atoms with Crippen LogP contribution in [0.5, 0.6) is 0 Å². The summed E-state index contributed by atoms with van der Waals surface area (Å²) in [6.45, 7) is 6.10. The first-order chi connectivity index (χ1) is 8.56. The van der Waals surface area contributed by atoms with Crippen molar-refractivity contribution < 1.29 is 9.53 Å². The highest BCUT2D eigenvalue weighted by Gasteiger charge is 2.12. The topological polar surface area (TPSA) is 64.1 Å². The average Bonchev–Trinajstić information content (AvgIpc) is 2.34. The number of aromatic nitrogens is 2. The summed E-state index contributed by atoms with van der Waals surface area (Å²) in [5.74, 6) is 0.261. The number of methoxy groups -OCH3 is 1. The summed E-state index contributed by atoms with van der Waals surface area (Å²) in [6.07, 6.45) is 3.41. The van der Waals surface area contributed by atoms with Gasteiger partial charge in [0.15, 0.2) is 0 Å². The van der Waals surface area contributed by atoms with E-state index in [1.165, 1.54) is 20.0 Å². The van der Waals surface area contributed by atoms with Crippen LogP contribution in [0.2, 0.25) is 0 Å². The van der Waals surface area contributed by atoms with Crippen molar-refractivity contribution in [3.63, 3.8) is 0 Å². The quantitative estimate of drug-likeness (QED) is 0.787. The Morgan fingerprint density at radius 1 is 1.50 bits per heavy atom. The standard InChI is InChI=1S/C13H21N3O2/c1-5-6-7-9(2)14-11-8-10(3)15-12(16-11)13(17)18-4/h8-9H,5-7H2,1-4H3,(H,14,15,16). The van der Waals surface area contributed by atoms with Gasteiger partial charge in [-0.05, 0) is 20.3 Å². The fourth-order valence-electron chi connectivity index (χ4n) is 1.66. The van der Waals surface area contributed by atoms with E-state index >= 15 is 0 Å². The minimum atomic E-state index is -0.511. The highest BCUT2D eigenvalue weighted by molar-refractivity contribution is 5.85. The van der Waals surface area contributed by atoms with Crippen LogP contribution in [0.4, 0.5) is 5.82 Å². The number of carbonyl (C=O) groups excluding carboxylic acids is 1. The zero-order valence-corrected chi connectivity index (χ0v) is 11.5. The van der Waals surface area contributed by atoms with Crippen LogP contribution in [-0.4, -0.2) is 29.1 Å². The zero-order chi connectivity index (χ0) is 13.5. The summed E-state index contributed by atoms with van der Waals surface area (Å²) in [5.41, 5.74) is 0.746. The normalized spacial score (nSPS) is 12.0. The molecule has 0 aliphatic rings. The molecule has 0 aliphatic carbocycles. The predicted octanol–water partition coefficient (Wildman–Crippen LogP) is 2.56. The molecule has 1 unspecified atom stereocenters. The van der Waals surface area contributed by atoms with E-state index in [1.807, 2.05) is 13.0 Å². The van der Waals surface area contributed by atoms with Gasteiger partial charge < -0.3 is 10.1 Å². The van der Waals surface area contributed by atoms with Crippen LogP contribution in [0, 0.1) is 6.92 Å². The Labute approximate surface area is 108 Å². The maximum atomic E-state index is 11.4. The SMILES string of the molecule is CCCCC(C)Nc1cc(C)nc(C(=O)OC)n1. The van der Waals surface area contributed by atoms with Crippen molar-refractivity contribution in [2.45, 2.75) is 46.1 Å². The zero-order valence-electron chi connectivity index (χ0n) is 11.5. The number of nitrogens with one attached hydrogen (secondary N) is 1.